The van der Waals surface area contributed by atoms with E-state index >= 15 is 0 Å². The van der Waals surface area contributed by atoms with Crippen molar-refractivity contribution in [3.8, 4) is 0 Å². The monoisotopic (exact) mass is 297 g/mol. The Kier molecular flexibility index (Phi) is 3.91. The van der Waals surface area contributed by atoms with Crippen LogP contribution in [0.2, 0.25) is 0 Å². The molecule has 1 aromatic carbocycles. The molecule has 2 heterocycles. The van der Waals surface area contributed by atoms with Crippen LogP contribution in [0.25, 0.3) is 0 Å². The maximum absolute atomic E-state index is 13.0. The van der Waals surface area contributed by atoms with Crippen LogP contribution in [-0.4, -0.2) is 15.9 Å². The van der Waals surface area contributed by atoms with E-state index in [4.69, 9.17) is 4.42 Å². The molecule has 3 aromatic rings. The summed E-state index contributed by atoms with van der Waals surface area (Å²) in [5.41, 5.74) is 1.30. The van der Waals surface area contributed by atoms with Crippen molar-refractivity contribution in [2.45, 2.75) is 6.42 Å². The minimum atomic E-state index is -0.549. The molecule has 5 nitrogen and oxygen atoms in total. The molecular formula is C16H12FN3O2. The number of rotatable bonds is 4. The number of nitrogens with zero attached hydrogens (tertiary/aromatic N) is 2. The molecule has 0 aliphatic carbocycles. The topological polar surface area (TPSA) is 68.0 Å². The van der Waals surface area contributed by atoms with Gasteiger partial charge in [0.05, 0.1) is 24.3 Å². The van der Waals surface area contributed by atoms with Gasteiger partial charge < -0.3 is 9.73 Å². The summed E-state index contributed by atoms with van der Waals surface area (Å²) >= 11 is 0. The van der Waals surface area contributed by atoms with E-state index in [0.717, 1.165) is 11.8 Å². The first-order valence-electron chi connectivity index (χ1n) is 6.61. The number of anilines is 1. The van der Waals surface area contributed by atoms with Crippen molar-refractivity contribution >= 4 is 11.6 Å². The third kappa shape index (κ3) is 3.35. The van der Waals surface area contributed by atoms with Crippen LogP contribution in [0.15, 0.2) is 59.4 Å². The fourth-order valence-electron chi connectivity index (χ4n) is 1.96. The lowest BCUT2D eigenvalue weighted by Gasteiger charge is -2.01. The lowest BCUT2D eigenvalue weighted by atomic mass is 10.1. The number of oxazole rings is 1. The molecule has 0 fully saturated rings. The first-order chi connectivity index (χ1) is 10.7. The summed E-state index contributed by atoms with van der Waals surface area (Å²) in [6.07, 6.45) is 4.45. The number of nitrogens with one attached hydrogen (secondary N) is 1. The average Bonchev–Trinajstić information content (AvgIpc) is 2.97. The zero-order valence-corrected chi connectivity index (χ0v) is 11.5. The van der Waals surface area contributed by atoms with Gasteiger partial charge in [-0.2, -0.15) is 0 Å². The van der Waals surface area contributed by atoms with Crippen LogP contribution < -0.4 is 5.32 Å². The standard InChI is InChI=1S/C16H12FN3O2/c17-12-7-13(9-18-8-12)20-15(21)16-19-10-14(22-16)6-11-4-2-1-3-5-11/h1-5,7-10H,6H2,(H,20,21). The highest BCUT2D eigenvalue weighted by Crippen LogP contribution is 2.13. The maximum atomic E-state index is 13.0. The number of aromatic nitrogens is 2. The van der Waals surface area contributed by atoms with E-state index in [1.165, 1.54) is 18.5 Å². The molecule has 3 rings (SSSR count). The summed E-state index contributed by atoms with van der Waals surface area (Å²) in [4.78, 5) is 19.6. The lowest BCUT2D eigenvalue weighted by Crippen LogP contribution is -2.12. The van der Waals surface area contributed by atoms with Gasteiger partial charge in [-0.05, 0) is 5.56 Å². The van der Waals surface area contributed by atoms with Gasteiger partial charge in [-0.25, -0.2) is 9.37 Å². The molecule has 0 unspecified atom stereocenters. The van der Waals surface area contributed by atoms with E-state index in [1.54, 1.807) is 0 Å². The number of amides is 1. The van der Waals surface area contributed by atoms with Gasteiger partial charge in [-0.3, -0.25) is 9.78 Å². The minimum Gasteiger partial charge on any atom is -0.437 e. The Morgan fingerprint density at radius 2 is 2.00 bits per heavy atom. The van der Waals surface area contributed by atoms with Crippen LogP contribution in [0.3, 0.4) is 0 Å². The van der Waals surface area contributed by atoms with Gasteiger partial charge in [0.2, 0.25) is 0 Å². The highest BCUT2D eigenvalue weighted by molar-refractivity contribution is 6.00. The zero-order chi connectivity index (χ0) is 15.4. The van der Waals surface area contributed by atoms with Gasteiger partial charge in [0, 0.05) is 12.5 Å². The average molecular weight is 297 g/mol. The van der Waals surface area contributed by atoms with Crippen molar-refractivity contribution in [2.75, 3.05) is 5.32 Å². The summed E-state index contributed by atoms with van der Waals surface area (Å²) in [7, 11) is 0. The second-order valence-corrected chi connectivity index (χ2v) is 4.64. The first kappa shape index (κ1) is 13.9. The van der Waals surface area contributed by atoms with Gasteiger partial charge in [0.25, 0.3) is 5.89 Å². The fraction of sp³-hybridized carbons (Fsp3) is 0.0625. The SMILES string of the molecule is O=C(Nc1cncc(F)c1)c1ncc(Cc2ccccc2)o1. The number of hydrogen-bond acceptors (Lipinski definition) is 4. The summed E-state index contributed by atoms with van der Waals surface area (Å²) in [6, 6.07) is 10.9. The quantitative estimate of drug-likeness (QED) is 0.803. The van der Waals surface area contributed by atoms with E-state index < -0.39 is 11.7 Å². The van der Waals surface area contributed by atoms with Crippen LogP contribution in [0.4, 0.5) is 10.1 Å². The van der Waals surface area contributed by atoms with E-state index in [2.05, 4.69) is 15.3 Å². The van der Waals surface area contributed by atoms with Gasteiger partial charge in [0.1, 0.15) is 11.6 Å². The summed E-state index contributed by atoms with van der Waals surface area (Å²) in [5, 5.41) is 2.48. The molecule has 0 spiro atoms. The molecule has 0 aliphatic heterocycles. The van der Waals surface area contributed by atoms with Gasteiger partial charge in [-0.1, -0.05) is 30.3 Å². The third-order valence-electron chi connectivity index (χ3n) is 2.93. The normalized spacial score (nSPS) is 10.4. The third-order valence-corrected chi connectivity index (χ3v) is 2.93. The number of carbonyl (C=O) groups excluding carboxylic acids is 1. The van der Waals surface area contributed by atoms with Crippen LogP contribution >= 0.6 is 0 Å². The molecule has 0 aliphatic rings. The predicted molar refractivity (Wildman–Crippen MR) is 77.9 cm³/mol. The van der Waals surface area contributed by atoms with E-state index in [1.807, 2.05) is 30.3 Å². The van der Waals surface area contributed by atoms with Crippen LogP contribution in [0.5, 0.6) is 0 Å². The number of pyridine rings is 1. The molecule has 0 saturated heterocycles. The van der Waals surface area contributed by atoms with E-state index in [9.17, 15) is 9.18 Å². The number of benzene rings is 1. The Balaban J connectivity index is 1.69. The van der Waals surface area contributed by atoms with Crippen LogP contribution in [0.1, 0.15) is 22.0 Å². The van der Waals surface area contributed by atoms with Crippen LogP contribution in [0, 0.1) is 5.82 Å². The number of hydrogen-bond donors (Lipinski definition) is 1. The van der Waals surface area contributed by atoms with Crippen molar-refractivity contribution in [1.82, 2.24) is 9.97 Å². The Bertz CT molecular complexity index is 787. The predicted octanol–water partition coefficient (Wildman–Crippen LogP) is 3.05. The molecular weight excluding hydrogens is 285 g/mol. The van der Waals surface area contributed by atoms with Crippen molar-refractivity contribution in [3.63, 3.8) is 0 Å². The molecule has 1 amide bonds. The smallest absolute Gasteiger partial charge is 0.311 e. The summed E-state index contributed by atoms with van der Waals surface area (Å²) in [6.45, 7) is 0. The fourth-order valence-corrected chi connectivity index (χ4v) is 1.96. The molecule has 6 heteroatoms. The van der Waals surface area contributed by atoms with Gasteiger partial charge in [-0.15, -0.1) is 0 Å². The van der Waals surface area contributed by atoms with E-state index in [0.29, 0.717) is 12.2 Å². The van der Waals surface area contributed by atoms with Crippen molar-refractivity contribution in [1.29, 1.82) is 0 Å². The van der Waals surface area contributed by atoms with Crippen LogP contribution in [-0.2, 0) is 6.42 Å². The van der Waals surface area contributed by atoms with Gasteiger partial charge in [0.15, 0.2) is 0 Å². The Morgan fingerprint density at radius 3 is 2.77 bits per heavy atom. The Morgan fingerprint density at radius 1 is 1.18 bits per heavy atom. The first-order valence-corrected chi connectivity index (χ1v) is 6.61. The highest BCUT2D eigenvalue weighted by atomic mass is 19.1. The molecule has 1 N–H and O–H groups in total. The number of halogens is 1. The molecule has 0 atom stereocenters. The van der Waals surface area contributed by atoms with E-state index in [-0.39, 0.29) is 11.6 Å². The summed E-state index contributed by atoms with van der Waals surface area (Å²) < 4.78 is 18.4. The van der Waals surface area contributed by atoms with Crippen molar-refractivity contribution in [2.24, 2.45) is 0 Å². The summed E-state index contributed by atoms with van der Waals surface area (Å²) in [5.74, 6) is -0.578. The molecule has 0 saturated carbocycles. The largest absolute Gasteiger partial charge is 0.437 e. The Hall–Kier alpha value is -3.02. The molecule has 110 valence electrons. The zero-order valence-electron chi connectivity index (χ0n) is 11.5. The van der Waals surface area contributed by atoms with Crippen molar-refractivity contribution in [3.05, 3.63) is 78.0 Å². The molecule has 0 bridgehead atoms. The number of carbonyl (C=O) groups is 1. The lowest BCUT2D eigenvalue weighted by molar-refractivity contribution is 0.0988. The molecule has 2 aromatic heterocycles. The highest BCUT2D eigenvalue weighted by Gasteiger charge is 2.14. The second kappa shape index (κ2) is 6.17. The minimum absolute atomic E-state index is 0.0739. The molecule has 22 heavy (non-hydrogen) atoms. The Labute approximate surface area is 125 Å². The van der Waals surface area contributed by atoms with Crippen molar-refractivity contribution < 1.29 is 13.6 Å². The second-order valence-electron chi connectivity index (χ2n) is 4.64. The maximum Gasteiger partial charge on any atom is 0.311 e. The molecule has 0 radical (unpaired) electrons. The van der Waals surface area contributed by atoms with Gasteiger partial charge >= 0.3 is 5.91 Å².